The van der Waals surface area contributed by atoms with Crippen LogP contribution in [0.3, 0.4) is 0 Å². The minimum Gasteiger partial charge on any atom is -0.475 e. The topological polar surface area (TPSA) is 59.7 Å². The molecule has 0 unspecified atom stereocenters. The van der Waals surface area contributed by atoms with Crippen LogP contribution in [0.1, 0.15) is 48.7 Å². The Hall–Kier alpha value is -1.29. The molecular weight excluding hydrogens is 220 g/mol. The molecular formula is C13H18O4. The molecule has 1 aromatic rings. The molecule has 0 aliphatic heterocycles. The molecule has 0 spiro atoms. The van der Waals surface area contributed by atoms with Crippen molar-refractivity contribution in [2.24, 2.45) is 5.92 Å². The summed E-state index contributed by atoms with van der Waals surface area (Å²) >= 11 is 0. The maximum atomic E-state index is 10.8. The highest BCUT2D eigenvalue weighted by atomic mass is 16.5. The SMILES string of the molecule is CC1CCC(OCc2ccoc2C(=O)O)CC1. The zero-order valence-electron chi connectivity index (χ0n) is 10.0. The minimum absolute atomic E-state index is 0.00539. The van der Waals surface area contributed by atoms with E-state index >= 15 is 0 Å². The van der Waals surface area contributed by atoms with E-state index in [1.165, 1.54) is 19.1 Å². The van der Waals surface area contributed by atoms with Crippen LogP contribution < -0.4 is 0 Å². The average molecular weight is 238 g/mol. The van der Waals surface area contributed by atoms with Gasteiger partial charge in [-0.25, -0.2) is 4.79 Å². The van der Waals surface area contributed by atoms with Crippen LogP contribution >= 0.6 is 0 Å². The van der Waals surface area contributed by atoms with Gasteiger partial charge >= 0.3 is 5.97 Å². The number of carboxylic acids is 1. The molecule has 0 bridgehead atoms. The van der Waals surface area contributed by atoms with Crippen LogP contribution in [0.15, 0.2) is 16.7 Å². The van der Waals surface area contributed by atoms with E-state index in [2.05, 4.69) is 6.92 Å². The van der Waals surface area contributed by atoms with Crippen molar-refractivity contribution < 1.29 is 19.1 Å². The van der Waals surface area contributed by atoms with E-state index in [1.807, 2.05) is 0 Å². The first-order chi connectivity index (χ1) is 8.16. The maximum absolute atomic E-state index is 10.8. The number of hydrogen-bond acceptors (Lipinski definition) is 3. The van der Waals surface area contributed by atoms with Crippen molar-refractivity contribution >= 4 is 5.97 Å². The normalized spacial score (nSPS) is 24.8. The summed E-state index contributed by atoms with van der Waals surface area (Å²) in [5, 5.41) is 8.88. The maximum Gasteiger partial charge on any atom is 0.372 e. The van der Waals surface area contributed by atoms with Gasteiger partial charge in [0.2, 0.25) is 5.76 Å². The Balaban J connectivity index is 1.85. The molecule has 1 aliphatic carbocycles. The molecule has 0 amide bonds. The van der Waals surface area contributed by atoms with Gasteiger partial charge in [0.25, 0.3) is 0 Å². The van der Waals surface area contributed by atoms with Crippen molar-refractivity contribution in [1.82, 2.24) is 0 Å². The monoisotopic (exact) mass is 238 g/mol. The van der Waals surface area contributed by atoms with E-state index in [9.17, 15) is 4.79 Å². The number of ether oxygens (including phenoxy) is 1. The van der Waals surface area contributed by atoms with Gasteiger partial charge in [0.1, 0.15) is 0 Å². The van der Waals surface area contributed by atoms with Crippen LogP contribution in [-0.4, -0.2) is 17.2 Å². The lowest BCUT2D eigenvalue weighted by molar-refractivity contribution is 0.00782. The summed E-state index contributed by atoms with van der Waals surface area (Å²) in [7, 11) is 0. The fourth-order valence-electron chi connectivity index (χ4n) is 2.24. The summed E-state index contributed by atoms with van der Waals surface area (Å²) in [4.78, 5) is 10.8. The average Bonchev–Trinajstić information content (AvgIpc) is 2.76. The van der Waals surface area contributed by atoms with Crippen LogP contribution in [-0.2, 0) is 11.3 Å². The van der Waals surface area contributed by atoms with Gasteiger partial charge in [-0.05, 0) is 37.7 Å². The Labute approximate surface area is 101 Å². The van der Waals surface area contributed by atoms with E-state index in [0.29, 0.717) is 12.2 Å². The number of furan rings is 1. The van der Waals surface area contributed by atoms with Crippen molar-refractivity contribution in [3.05, 3.63) is 23.7 Å². The van der Waals surface area contributed by atoms with Crippen molar-refractivity contribution in [3.8, 4) is 0 Å². The molecule has 1 heterocycles. The van der Waals surface area contributed by atoms with E-state index in [0.717, 1.165) is 18.8 Å². The molecule has 4 nitrogen and oxygen atoms in total. The molecule has 0 atom stereocenters. The second kappa shape index (κ2) is 5.36. The van der Waals surface area contributed by atoms with Crippen LogP contribution in [0, 0.1) is 5.92 Å². The number of aromatic carboxylic acids is 1. The standard InChI is InChI=1S/C13H18O4/c1-9-2-4-11(5-3-9)17-8-10-6-7-16-12(10)13(14)15/h6-7,9,11H,2-5,8H2,1H3,(H,14,15). The van der Waals surface area contributed by atoms with E-state index in [4.69, 9.17) is 14.3 Å². The molecule has 1 N–H and O–H groups in total. The lowest BCUT2D eigenvalue weighted by atomic mass is 9.89. The number of carbonyl (C=O) groups is 1. The van der Waals surface area contributed by atoms with Gasteiger partial charge in [0, 0.05) is 5.56 Å². The molecule has 1 aromatic heterocycles. The summed E-state index contributed by atoms with van der Waals surface area (Å²) < 4.78 is 10.6. The Morgan fingerprint density at radius 3 is 2.82 bits per heavy atom. The second-order valence-corrected chi connectivity index (χ2v) is 4.77. The minimum atomic E-state index is -1.04. The quantitative estimate of drug-likeness (QED) is 0.875. The van der Waals surface area contributed by atoms with Crippen molar-refractivity contribution in [2.45, 2.75) is 45.3 Å². The molecule has 17 heavy (non-hydrogen) atoms. The zero-order valence-corrected chi connectivity index (χ0v) is 10.0. The van der Waals surface area contributed by atoms with E-state index in [-0.39, 0.29) is 11.9 Å². The predicted octanol–water partition coefficient (Wildman–Crippen LogP) is 3.07. The molecule has 2 rings (SSSR count). The highest BCUT2D eigenvalue weighted by molar-refractivity contribution is 5.85. The van der Waals surface area contributed by atoms with Crippen molar-refractivity contribution in [3.63, 3.8) is 0 Å². The van der Waals surface area contributed by atoms with Gasteiger partial charge in [-0.15, -0.1) is 0 Å². The van der Waals surface area contributed by atoms with Crippen LogP contribution in [0.2, 0.25) is 0 Å². The molecule has 0 aromatic carbocycles. The van der Waals surface area contributed by atoms with Gasteiger partial charge in [-0.1, -0.05) is 6.92 Å². The first-order valence-electron chi connectivity index (χ1n) is 6.08. The third kappa shape index (κ3) is 3.09. The van der Waals surface area contributed by atoms with Gasteiger partial charge in [0.05, 0.1) is 19.0 Å². The van der Waals surface area contributed by atoms with E-state index in [1.54, 1.807) is 6.07 Å². The summed E-state index contributed by atoms with van der Waals surface area (Å²) in [6.07, 6.45) is 6.19. The number of rotatable bonds is 4. The second-order valence-electron chi connectivity index (χ2n) is 4.77. The first kappa shape index (κ1) is 12.2. The van der Waals surface area contributed by atoms with Gasteiger partial charge < -0.3 is 14.3 Å². The van der Waals surface area contributed by atoms with Crippen LogP contribution in [0.5, 0.6) is 0 Å². The Morgan fingerprint density at radius 1 is 1.47 bits per heavy atom. The highest BCUT2D eigenvalue weighted by Gasteiger charge is 2.20. The molecule has 1 aliphatic rings. The van der Waals surface area contributed by atoms with Crippen molar-refractivity contribution in [2.75, 3.05) is 0 Å². The number of carboxylic acid groups (broad SMARTS) is 1. The molecule has 0 radical (unpaired) electrons. The van der Waals surface area contributed by atoms with Gasteiger partial charge in [0.15, 0.2) is 0 Å². The third-order valence-electron chi connectivity index (χ3n) is 3.38. The zero-order chi connectivity index (χ0) is 12.3. The largest absolute Gasteiger partial charge is 0.475 e. The molecule has 1 saturated carbocycles. The Kier molecular flexibility index (Phi) is 3.84. The summed E-state index contributed by atoms with van der Waals surface area (Å²) in [5.41, 5.74) is 0.621. The molecule has 94 valence electrons. The Morgan fingerprint density at radius 2 is 2.18 bits per heavy atom. The van der Waals surface area contributed by atoms with Crippen LogP contribution in [0.25, 0.3) is 0 Å². The first-order valence-corrected chi connectivity index (χ1v) is 6.08. The van der Waals surface area contributed by atoms with Crippen molar-refractivity contribution in [1.29, 1.82) is 0 Å². The summed E-state index contributed by atoms with van der Waals surface area (Å²) in [5.74, 6) is -0.251. The molecule has 1 fully saturated rings. The van der Waals surface area contributed by atoms with Crippen LogP contribution in [0.4, 0.5) is 0 Å². The summed E-state index contributed by atoms with van der Waals surface area (Å²) in [6.45, 7) is 2.59. The fraction of sp³-hybridized carbons (Fsp3) is 0.615. The molecule has 4 heteroatoms. The fourth-order valence-corrected chi connectivity index (χ4v) is 2.24. The van der Waals surface area contributed by atoms with E-state index < -0.39 is 5.97 Å². The van der Waals surface area contributed by atoms with Gasteiger partial charge in [-0.2, -0.15) is 0 Å². The smallest absolute Gasteiger partial charge is 0.372 e. The van der Waals surface area contributed by atoms with Gasteiger partial charge in [-0.3, -0.25) is 0 Å². The number of hydrogen-bond donors (Lipinski definition) is 1. The highest BCUT2D eigenvalue weighted by Crippen LogP contribution is 2.26. The lowest BCUT2D eigenvalue weighted by Crippen LogP contribution is -2.20. The predicted molar refractivity (Wildman–Crippen MR) is 61.9 cm³/mol. The molecule has 0 saturated heterocycles. The summed E-state index contributed by atoms with van der Waals surface area (Å²) in [6, 6.07) is 1.66. The Bertz CT molecular complexity index is 375. The lowest BCUT2D eigenvalue weighted by Gasteiger charge is -2.26. The third-order valence-corrected chi connectivity index (χ3v) is 3.38.